The molecule has 0 saturated carbocycles. The number of halogens is 4. The highest BCUT2D eigenvalue weighted by Crippen LogP contribution is 2.38. The van der Waals surface area contributed by atoms with E-state index in [1.54, 1.807) is 64.1 Å². The number of aryl methyl sites for hydroxylation is 2. The first kappa shape index (κ1) is 37.5. The third-order valence-corrected chi connectivity index (χ3v) is 9.92. The zero-order chi connectivity index (χ0) is 36.1. The molecule has 1 N–H and O–H groups in total. The second-order valence-corrected chi connectivity index (χ2v) is 15.1. The number of carbonyl (C=O) groups excluding carboxylic acids is 2. The molecule has 12 heteroatoms. The smallest absolute Gasteiger partial charge is 0.350 e. The van der Waals surface area contributed by atoms with Crippen LogP contribution in [0.3, 0.4) is 0 Å². The summed E-state index contributed by atoms with van der Waals surface area (Å²) < 4.78 is 71.0. The molecule has 0 fully saturated rings. The normalized spacial score (nSPS) is 12.7. The third-order valence-electron chi connectivity index (χ3n) is 7.80. The van der Waals surface area contributed by atoms with Gasteiger partial charge in [-0.3, -0.25) is 13.9 Å². The monoisotopic (exact) mass is 713 g/mol. The van der Waals surface area contributed by atoms with Crippen LogP contribution < -0.4 is 9.62 Å². The van der Waals surface area contributed by atoms with E-state index in [1.807, 2.05) is 37.3 Å². The number of nitrogens with one attached hydrogen (secondary N) is 1. The molecular formula is C37H39ClF3N3O4S. The second-order valence-electron chi connectivity index (χ2n) is 12.9. The first-order valence-corrected chi connectivity index (χ1v) is 17.3. The maximum atomic E-state index is 14.6. The van der Waals surface area contributed by atoms with E-state index < -0.39 is 62.4 Å². The summed E-state index contributed by atoms with van der Waals surface area (Å²) in [6, 6.07) is 23.6. The molecule has 0 spiro atoms. The molecule has 0 aliphatic carbocycles. The zero-order valence-electron chi connectivity index (χ0n) is 27.9. The van der Waals surface area contributed by atoms with E-state index in [2.05, 4.69) is 5.32 Å². The zero-order valence-corrected chi connectivity index (χ0v) is 29.5. The maximum absolute atomic E-state index is 14.6. The Morgan fingerprint density at radius 3 is 2.06 bits per heavy atom. The minimum absolute atomic E-state index is 0.0760. The van der Waals surface area contributed by atoms with E-state index in [9.17, 15) is 31.2 Å². The average molecular weight is 714 g/mol. The molecule has 0 aliphatic rings. The number of hydrogen-bond acceptors (Lipinski definition) is 4. The SMILES string of the molecule is Cc1ccc(S(=O)(=O)N(CC(=O)N(Cc2ccccc2C)[C@@H](Cc2ccccc2)C(=O)NC(C)(C)C)c2ccc(Cl)c(C(F)(F)F)c2)cc1. The van der Waals surface area contributed by atoms with Crippen molar-refractivity contribution in [2.75, 3.05) is 10.8 Å². The Kier molecular flexibility index (Phi) is 11.5. The summed E-state index contributed by atoms with van der Waals surface area (Å²) in [6.45, 7) is 8.01. The molecule has 0 heterocycles. The van der Waals surface area contributed by atoms with Gasteiger partial charge < -0.3 is 10.2 Å². The molecule has 0 saturated heterocycles. The van der Waals surface area contributed by atoms with Gasteiger partial charge in [0, 0.05) is 18.5 Å². The Balaban J connectivity index is 1.89. The molecule has 2 amide bonds. The van der Waals surface area contributed by atoms with Gasteiger partial charge in [-0.05, 0) is 81.6 Å². The van der Waals surface area contributed by atoms with Gasteiger partial charge in [-0.2, -0.15) is 13.2 Å². The molecule has 0 aromatic heterocycles. The number of amides is 2. The van der Waals surface area contributed by atoms with Gasteiger partial charge >= 0.3 is 6.18 Å². The van der Waals surface area contributed by atoms with Crippen LogP contribution in [0.1, 0.15) is 48.6 Å². The first-order chi connectivity index (χ1) is 22.9. The Hall–Kier alpha value is -4.35. The largest absolute Gasteiger partial charge is 0.417 e. The van der Waals surface area contributed by atoms with Gasteiger partial charge in [-0.15, -0.1) is 0 Å². The topological polar surface area (TPSA) is 86.8 Å². The van der Waals surface area contributed by atoms with E-state index in [-0.39, 0.29) is 17.9 Å². The first-order valence-electron chi connectivity index (χ1n) is 15.5. The van der Waals surface area contributed by atoms with E-state index in [0.717, 1.165) is 28.8 Å². The molecule has 0 aliphatic heterocycles. The lowest BCUT2D eigenvalue weighted by atomic mass is 10.00. The van der Waals surface area contributed by atoms with Crippen LogP contribution in [0.2, 0.25) is 5.02 Å². The predicted octanol–water partition coefficient (Wildman–Crippen LogP) is 7.73. The second kappa shape index (κ2) is 15.0. The molecule has 260 valence electrons. The number of carbonyl (C=O) groups is 2. The number of benzene rings is 4. The van der Waals surface area contributed by atoms with Gasteiger partial charge in [0.1, 0.15) is 12.6 Å². The lowest BCUT2D eigenvalue weighted by Crippen LogP contribution is -2.56. The van der Waals surface area contributed by atoms with Crippen molar-refractivity contribution in [1.82, 2.24) is 10.2 Å². The van der Waals surface area contributed by atoms with Crippen molar-refractivity contribution in [3.63, 3.8) is 0 Å². The fourth-order valence-electron chi connectivity index (χ4n) is 5.23. The standard InChI is InChI=1S/C37H39ClF3N3O4S/c1-25-15-18-30(19-16-25)49(47,48)44(29-17-20-32(38)31(22-29)37(39,40)41)24-34(45)43(23-28-14-10-9-11-26(28)2)33(35(46)42-36(3,4)5)21-27-12-7-6-8-13-27/h6-20,22,33H,21,23-24H2,1-5H3,(H,42,46)/t33-/m0/s1. The van der Waals surface area contributed by atoms with Crippen molar-refractivity contribution in [1.29, 1.82) is 0 Å². The molecule has 0 unspecified atom stereocenters. The highest BCUT2D eigenvalue weighted by Gasteiger charge is 2.38. The summed E-state index contributed by atoms with van der Waals surface area (Å²) in [5.41, 5.74) is 0.678. The minimum atomic E-state index is -4.90. The van der Waals surface area contributed by atoms with Crippen LogP contribution in [-0.2, 0) is 38.8 Å². The Morgan fingerprint density at radius 2 is 1.47 bits per heavy atom. The van der Waals surface area contributed by atoms with Crippen LogP contribution in [-0.4, -0.2) is 43.3 Å². The van der Waals surface area contributed by atoms with Crippen LogP contribution in [0.15, 0.2) is 102 Å². The summed E-state index contributed by atoms with van der Waals surface area (Å²) in [6.07, 6.45) is -4.82. The van der Waals surface area contributed by atoms with Crippen molar-refractivity contribution in [3.8, 4) is 0 Å². The molecule has 49 heavy (non-hydrogen) atoms. The van der Waals surface area contributed by atoms with Crippen molar-refractivity contribution in [2.45, 2.75) is 70.2 Å². The number of anilines is 1. The third kappa shape index (κ3) is 9.64. The van der Waals surface area contributed by atoms with Crippen molar-refractivity contribution in [3.05, 3.63) is 130 Å². The number of rotatable bonds is 11. The summed E-state index contributed by atoms with van der Waals surface area (Å²) in [7, 11) is -4.61. The van der Waals surface area contributed by atoms with E-state index in [4.69, 9.17) is 11.6 Å². The minimum Gasteiger partial charge on any atom is -0.350 e. The van der Waals surface area contributed by atoms with Crippen LogP contribution in [0.5, 0.6) is 0 Å². The molecule has 0 bridgehead atoms. The Labute approximate surface area is 290 Å². The quantitative estimate of drug-likeness (QED) is 0.173. The molecule has 4 aromatic carbocycles. The Morgan fingerprint density at radius 1 is 0.857 bits per heavy atom. The van der Waals surface area contributed by atoms with Gasteiger partial charge in [0.15, 0.2) is 0 Å². The van der Waals surface area contributed by atoms with Crippen molar-refractivity contribution in [2.24, 2.45) is 0 Å². The summed E-state index contributed by atoms with van der Waals surface area (Å²) in [5.74, 6) is -1.27. The van der Waals surface area contributed by atoms with Gasteiger partial charge in [0.2, 0.25) is 11.8 Å². The van der Waals surface area contributed by atoms with Crippen molar-refractivity contribution < 1.29 is 31.2 Å². The highest BCUT2D eigenvalue weighted by atomic mass is 35.5. The number of sulfonamides is 1. The summed E-state index contributed by atoms with van der Waals surface area (Å²) >= 11 is 5.89. The lowest BCUT2D eigenvalue weighted by Gasteiger charge is -2.35. The van der Waals surface area contributed by atoms with Gasteiger partial charge in [-0.1, -0.05) is 83.9 Å². The maximum Gasteiger partial charge on any atom is 0.417 e. The van der Waals surface area contributed by atoms with E-state index >= 15 is 0 Å². The molecule has 4 aromatic rings. The van der Waals surface area contributed by atoms with E-state index in [0.29, 0.717) is 15.9 Å². The molecule has 0 radical (unpaired) electrons. The van der Waals surface area contributed by atoms with Crippen molar-refractivity contribution >= 4 is 39.1 Å². The van der Waals surface area contributed by atoms with E-state index in [1.165, 1.54) is 17.0 Å². The molecule has 7 nitrogen and oxygen atoms in total. The number of nitrogens with zero attached hydrogens (tertiary/aromatic N) is 2. The van der Waals surface area contributed by atoms with Crippen LogP contribution in [0.4, 0.5) is 18.9 Å². The summed E-state index contributed by atoms with van der Waals surface area (Å²) in [5, 5.41) is 2.32. The van der Waals surface area contributed by atoms with Crippen LogP contribution >= 0.6 is 11.6 Å². The van der Waals surface area contributed by atoms with Crippen LogP contribution in [0.25, 0.3) is 0 Å². The molecule has 4 rings (SSSR count). The van der Waals surface area contributed by atoms with Gasteiger partial charge in [0.05, 0.1) is 21.2 Å². The van der Waals surface area contributed by atoms with Gasteiger partial charge in [0.25, 0.3) is 10.0 Å². The predicted molar refractivity (Wildman–Crippen MR) is 186 cm³/mol. The van der Waals surface area contributed by atoms with Gasteiger partial charge in [-0.25, -0.2) is 8.42 Å². The highest BCUT2D eigenvalue weighted by molar-refractivity contribution is 7.92. The molecule has 1 atom stereocenters. The number of hydrogen-bond donors (Lipinski definition) is 1. The Bertz CT molecular complexity index is 1890. The molecular weight excluding hydrogens is 675 g/mol. The summed E-state index contributed by atoms with van der Waals surface area (Å²) in [4.78, 5) is 29.7. The fourth-order valence-corrected chi connectivity index (χ4v) is 6.86. The average Bonchev–Trinajstić information content (AvgIpc) is 3.02. The lowest BCUT2D eigenvalue weighted by molar-refractivity contribution is -0.140. The van der Waals surface area contributed by atoms with Crippen LogP contribution in [0, 0.1) is 13.8 Å². The fraction of sp³-hybridized carbons (Fsp3) is 0.297. The number of alkyl halides is 3.